The number of hydrogen-bond acceptors (Lipinski definition) is 1. The van der Waals surface area contributed by atoms with Crippen molar-refractivity contribution in [2.75, 3.05) is 0 Å². The molecular formula is C9H10NO. The molecule has 2 nitrogen and oxygen atoms in total. The Morgan fingerprint density at radius 3 is 2.27 bits per heavy atom. The van der Waals surface area contributed by atoms with Gasteiger partial charge in [-0.3, -0.25) is 4.79 Å². The molecule has 1 rings (SSSR count). The lowest BCUT2D eigenvalue weighted by Crippen LogP contribution is -1.96. The summed E-state index contributed by atoms with van der Waals surface area (Å²) < 4.78 is 0. The molecule has 0 saturated carbocycles. The highest BCUT2D eigenvalue weighted by Gasteiger charge is 2.00. The van der Waals surface area contributed by atoms with E-state index < -0.39 is 0 Å². The third-order valence-corrected chi connectivity index (χ3v) is 1.62. The fraction of sp³-hybridized carbons (Fsp3) is 0.222. The van der Waals surface area contributed by atoms with Gasteiger partial charge in [0.25, 0.3) is 0 Å². The maximum Gasteiger partial charge on any atom is 0.233 e. The number of benzene rings is 1. The lowest BCUT2D eigenvalue weighted by molar-refractivity contribution is -0.108. The molecule has 1 aromatic rings. The van der Waals surface area contributed by atoms with Crippen molar-refractivity contribution in [3.63, 3.8) is 0 Å². The van der Waals surface area contributed by atoms with Gasteiger partial charge in [-0.1, -0.05) is 18.2 Å². The van der Waals surface area contributed by atoms with Gasteiger partial charge in [0, 0.05) is 0 Å². The van der Waals surface area contributed by atoms with Crippen molar-refractivity contribution >= 4 is 12.1 Å². The number of carbonyl (C=O) groups is 1. The standard InChI is InChI=1S/C9H10NO/c1-7-4-3-5-8(2)9(7)10-6-11/h3-6H,1-2H3. The first-order valence-corrected chi connectivity index (χ1v) is 3.46. The first-order valence-electron chi connectivity index (χ1n) is 3.46. The van der Waals surface area contributed by atoms with Crippen LogP contribution in [0.4, 0.5) is 5.69 Å². The van der Waals surface area contributed by atoms with Crippen LogP contribution >= 0.6 is 0 Å². The van der Waals surface area contributed by atoms with Gasteiger partial charge in [-0.25, -0.2) is 5.32 Å². The van der Waals surface area contributed by atoms with Gasteiger partial charge in [0.1, 0.15) is 0 Å². The molecule has 1 aromatic carbocycles. The Kier molecular flexibility index (Phi) is 2.26. The number of nitrogens with zero attached hydrogens (tertiary/aromatic N) is 1. The van der Waals surface area contributed by atoms with E-state index in [9.17, 15) is 4.79 Å². The van der Waals surface area contributed by atoms with Gasteiger partial charge in [-0.15, -0.1) is 0 Å². The van der Waals surface area contributed by atoms with Crippen molar-refractivity contribution in [1.82, 2.24) is 5.32 Å². The molecule has 0 aliphatic heterocycles. The van der Waals surface area contributed by atoms with Crippen LogP contribution in [0.15, 0.2) is 18.2 Å². The number of rotatable bonds is 2. The third-order valence-electron chi connectivity index (χ3n) is 1.62. The van der Waals surface area contributed by atoms with Crippen LogP contribution in [0.3, 0.4) is 0 Å². The Labute approximate surface area is 66.2 Å². The van der Waals surface area contributed by atoms with Crippen molar-refractivity contribution in [2.45, 2.75) is 13.8 Å². The molecule has 11 heavy (non-hydrogen) atoms. The summed E-state index contributed by atoms with van der Waals surface area (Å²) in [4.78, 5) is 10.1. The Morgan fingerprint density at radius 2 is 1.82 bits per heavy atom. The molecular weight excluding hydrogens is 138 g/mol. The summed E-state index contributed by atoms with van der Waals surface area (Å²) in [5.41, 5.74) is 2.87. The average molecular weight is 148 g/mol. The summed E-state index contributed by atoms with van der Waals surface area (Å²) in [5, 5.41) is 3.73. The van der Waals surface area contributed by atoms with Gasteiger partial charge in [0.2, 0.25) is 6.41 Å². The SMILES string of the molecule is Cc1cccc(C)c1[N]C=O. The minimum Gasteiger partial charge on any atom is -0.276 e. The smallest absolute Gasteiger partial charge is 0.233 e. The van der Waals surface area contributed by atoms with Crippen LogP contribution in [0.5, 0.6) is 0 Å². The Balaban J connectivity index is 3.09. The first-order chi connectivity index (χ1) is 5.25. The molecule has 57 valence electrons. The topological polar surface area (TPSA) is 31.2 Å². The van der Waals surface area contributed by atoms with E-state index in [4.69, 9.17) is 0 Å². The van der Waals surface area contributed by atoms with E-state index in [1.54, 1.807) is 0 Å². The summed E-state index contributed by atoms with van der Waals surface area (Å²) in [6.45, 7) is 3.88. The Bertz CT molecular complexity index is 248. The highest BCUT2D eigenvalue weighted by molar-refractivity contribution is 5.63. The maximum absolute atomic E-state index is 10.1. The van der Waals surface area contributed by atoms with E-state index in [0.29, 0.717) is 6.41 Å². The average Bonchev–Trinajstić information content (AvgIpc) is 1.97. The van der Waals surface area contributed by atoms with Crippen LogP contribution in [0.1, 0.15) is 11.1 Å². The highest BCUT2D eigenvalue weighted by atomic mass is 16.1. The van der Waals surface area contributed by atoms with E-state index in [0.717, 1.165) is 16.8 Å². The van der Waals surface area contributed by atoms with Crippen LogP contribution in [0.2, 0.25) is 0 Å². The summed E-state index contributed by atoms with van der Waals surface area (Å²) in [7, 11) is 0. The quantitative estimate of drug-likeness (QED) is 0.587. The zero-order valence-corrected chi connectivity index (χ0v) is 6.66. The number of para-hydroxylation sites is 1. The second-order valence-corrected chi connectivity index (χ2v) is 2.47. The molecule has 0 aliphatic carbocycles. The predicted molar refractivity (Wildman–Crippen MR) is 43.8 cm³/mol. The van der Waals surface area contributed by atoms with Crippen molar-refractivity contribution in [3.8, 4) is 0 Å². The summed E-state index contributed by atoms with van der Waals surface area (Å²) in [6.07, 6.45) is 0.579. The third kappa shape index (κ3) is 1.58. The Hall–Kier alpha value is -1.31. The van der Waals surface area contributed by atoms with Crippen LogP contribution in [-0.2, 0) is 4.79 Å². The molecule has 1 amide bonds. The number of aryl methyl sites for hydroxylation is 2. The molecule has 0 spiro atoms. The molecule has 0 atom stereocenters. The van der Waals surface area contributed by atoms with Gasteiger partial charge < -0.3 is 0 Å². The highest BCUT2D eigenvalue weighted by Crippen LogP contribution is 2.18. The van der Waals surface area contributed by atoms with Crippen molar-refractivity contribution in [2.24, 2.45) is 0 Å². The fourth-order valence-electron chi connectivity index (χ4n) is 1.06. The lowest BCUT2D eigenvalue weighted by atomic mass is 10.1. The Morgan fingerprint density at radius 1 is 1.27 bits per heavy atom. The molecule has 0 heterocycles. The monoisotopic (exact) mass is 148 g/mol. The first kappa shape index (κ1) is 7.79. The van der Waals surface area contributed by atoms with Gasteiger partial charge >= 0.3 is 0 Å². The van der Waals surface area contributed by atoms with Gasteiger partial charge in [0.15, 0.2) is 0 Å². The maximum atomic E-state index is 10.1. The van der Waals surface area contributed by atoms with Gasteiger partial charge in [-0.2, -0.15) is 0 Å². The van der Waals surface area contributed by atoms with Crippen LogP contribution in [0.25, 0.3) is 0 Å². The molecule has 0 fully saturated rings. The molecule has 0 N–H and O–H groups in total. The van der Waals surface area contributed by atoms with Crippen molar-refractivity contribution in [1.29, 1.82) is 0 Å². The summed E-state index contributed by atoms with van der Waals surface area (Å²) in [6, 6.07) is 5.83. The van der Waals surface area contributed by atoms with E-state index in [1.807, 2.05) is 32.0 Å². The molecule has 0 aromatic heterocycles. The molecule has 1 radical (unpaired) electrons. The number of amides is 1. The molecule has 0 bridgehead atoms. The second-order valence-electron chi connectivity index (χ2n) is 2.47. The van der Waals surface area contributed by atoms with Crippen LogP contribution < -0.4 is 5.32 Å². The normalized spacial score (nSPS) is 9.27. The zero-order chi connectivity index (χ0) is 8.27. The second kappa shape index (κ2) is 3.19. The van der Waals surface area contributed by atoms with Crippen LogP contribution in [0, 0.1) is 13.8 Å². The van der Waals surface area contributed by atoms with Gasteiger partial charge in [-0.05, 0) is 25.0 Å². The molecule has 2 heteroatoms. The minimum absolute atomic E-state index is 0.579. The minimum atomic E-state index is 0.579. The van der Waals surface area contributed by atoms with E-state index in [-0.39, 0.29) is 0 Å². The number of hydrogen-bond donors (Lipinski definition) is 0. The largest absolute Gasteiger partial charge is 0.276 e. The van der Waals surface area contributed by atoms with Crippen molar-refractivity contribution < 1.29 is 4.79 Å². The molecule has 0 aliphatic rings. The van der Waals surface area contributed by atoms with Gasteiger partial charge in [0.05, 0.1) is 5.69 Å². The van der Waals surface area contributed by atoms with Crippen LogP contribution in [-0.4, -0.2) is 6.41 Å². The van der Waals surface area contributed by atoms with E-state index in [2.05, 4.69) is 5.32 Å². The summed E-state index contributed by atoms with van der Waals surface area (Å²) in [5.74, 6) is 0. The van der Waals surface area contributed by atoms with Crippen molar-refractivity contribution in [3.05, 3.63) is 29.3 Å². The zero-order valence-electron chi connectivity index (χ0n) is 6.66. The predicted octanol–water partition coefficient (Wildman–Crippen LogP) is 1.70. The lowest BCUT2D eigenvalue weighted by Gasteiger charge is -2.03. The number of carbonyl (C=O) groups excluding carboxylic acids is 1. The molecule has 0 unspecified atom stereocenters. The fourth-order valence-corrected chi connectivity index (χ4v) is 1.06. The summed E-state index contributed by atoms with van der Waals surface area (Å²) >= 11 is 0. The molecule has 0 saturated heterocycles. The van der Waals surface area contributed by atoms with E-state index >= 15 is 0 Å². The van der Waals surface area contributed by atoms with E-state index in [1.165, 1.54) is 0 Å².